The summed E-state index contributed by atoms with van der Waals surface area (Å²) >= 11 is 5.89. The Morgan fingerprint density at radius 2 is 1.66 bits per heavy atom. The van der Waals surface area contributed by atoms with Gasteiger partial charge in [-0.3, -0.25) is 9.52 Å². The molecule has 0 fully saturated rings. The molecule has 168 valence electrons. The molecule has 6 nitrogen and oxygen atoms in total. The zero-order valence-corrected chi connectivity index (χ0v) is 19.6. The van der Waals surface area contributed by atoms with Crippen LogP contribution in [0.4, 0.5) is 5.69 Å². The van der Waals surface area contributed by atoms with Crippen molar-refractivity contribution in [3.8, 4) is 5.75 Å². The van der Waals surface area contributed by atoms with E-state index < -0.39 is 10.0 Å². The number of nitrogens with one attached hydrogen (secondary N) is 2. The molecule has 0 heterocycles. The van der Waals surface area contributed by atoms with Crippen LogP contribution >= 0.6 is 11.6 Å². The molecule has 2 N–H and O–H groups in total. The highest BCUT2D eigenvalue weighted by Crippen LogP contribution is 2.24. The Labute approximate surface area is 193 Å². The molecule has 3 rings (SSSR count). The number of aryl methyl sites for hydroxylation is 2. The van der Waals surface area contributed by atoms with Gasteiger partial charge >= 0.3 is 0 Å². The molecule has 3 aromatic carbocycles. The Kier molecular flexibility index (Phi) is 7.43. The molecule has 0 spiro atoms. The molecule has 0 aliphatic rings. The predicted octanol–water partition coefficient (Wildman–Crippen LogP) is 5.01. The lowest BCUT2D eigenvalue weighted by molar-refractivity contribution is -0.123. The number of carbonyl (C=O) groups excluding carboxylic acids is 1. The van der Waals surface area contributed by atoms with Crippen LogP contribution in [-0.4, -0.2) is 20.9 Å². The Bertz CT molecular complexity index is 1190. The summed E-state index contributed by atoms with van der Waals surface area (Å²) in [6.45, 7) is 5.34. The molecule has 0 radical (unpaired) electrons. The zero-order chi connectivity index (χ0) is 23.3. The Hall–Kier alpha value is -3.03. The van der Waals surface area contributed by atoms with Crippen molar-refractivity contribution in [3.05, 3.63) is 88.4 Å². The van der Waals surface area contributed by atoms with Gasteiger partial charge in [-0.1, -0.05) is 41.4 Å². The summed E-state index contributed by atoms with van der Waals surface area (Å²) in [5.41, 5.74) is 3.06. The molecule has 0 bridgehead atoms. The van der Waals surface area contributed by atoms with Crippen molar-refractivity contribution in [3.63, 3.8) is 0 Å². The minimum absolute atomic E-state index is 0.115. The van der Waals surface area contributed by atoms with E-state index in [1.807, 2.05) is 38.1 Å². The monoisotopic (exact) mass is 472 g/mol. The first-order valence-electron chi connectivity index (χ1n) is 10.0. The van der Waals surface area contributed by atoms with Gasteiger partial charge in [-0.05, 0) is 74.4 Å². The SMILES string of the molecule is Cc1ccc(NS(=O)(=O)c2ccc(OCC(=O)N[C@H](C)c3ccc(Cl)cc3)c(C)c2)cc1. The average molecular weight is 473 g/mol. The summed E-state index contributed by atoms with van der Waals surface area (Å²) in [5.74, 6) is 0.151. The van der Waals surface area contributed by atoms with Crippen LogP contribution in [-0.2, 0) is 14.8 Å². The van der Waals surface area contributed by atoms with Crippen molar-refractivity contribution in [2.45, 2.75) is 31.7 Å². The van der Waals surface area contributed by atoms with Gasteiger partial charge in [0.1, 0.15) is 5.75 Å². The third kappa shape index (κ3) is 6.24. The largest absolute Gasteiger partial charge is 0.484 e. The first-order valence-corrected chi connectivity index (χ1v) is 11.9. The highest BCUT2D eigenvalue weighted by atomic mass is 35.5. The van der Waals surface area contributed by atoms with Crippen LogP contribution in [0.2, 0.25) is 5.02 Å². The molecule has 8 heteroatoms. The quantitative estimate of drug-likeness (QED) is 0.482. The van der Waals surface area contributed by atoms with E-state index in [2.05, 4.69) is 10.0 Å². The van der Waals surface area contributed by atoms with E-state index >= 15 is 0 Å². The van der Waals surface area contributed by atoms with Gasteiger partial charge in [-0.2, -0.15) is 0 Å². The topological polar surface area (TPSA) is 84.5 Å². The van der Waals surface area contributed by atoms with Crippen LogP contribution in [0.5, 0.6) is 5.75 Å². The Morgan fingerprint density at radius 1 is 1.00 bits per heavy atom. The lowest BCUT2D eigenvalue weighted by atomic mass is 10.1. The molecule has 0 aliphatic carbocycles. The fourth-order valence-electron chi connectivity index (χ4n) is 3.05. The first-order chi connectivity index (χ1) is 15.1. The maximum atomic E-state index is 12.7. The summed E-state index contributed by atoms with van der Waals surface area (Å²) in [6.07, 6.45) is 0. The van der Waals surface area contributed by atoms with Crippen molar-refractivity contribution < 1.29 is 17.9 Å². The minimum Gasteiger partial charge on any atom is -0.484 e. The Morgan fingerprint density at radius 3 is 2.28 bits per heavy atom. The first kappa shape index (κ1) is 23.6. The van der Waals surface area contributed by atoms with Crippen molar-refractivity contribution in [2.75, 3.05) is 11.3 Å². The lowest BCUT2D eigenvalue weighted by Crippen LogP contribution is -2.31. The molecular formula is C24H25ClN2O4S. The third-order valence-corrected chi connectivity index (χ3v) is 6.50. The number of ether oxygens (including phenoxy) is 1. The number of halogens is 1. The molecule has 3 aromatic rings. The highest BCUT2D eigenvalue weighted by Gasteiger charge is 2.17. The number of rotatable bonds is 8. The Balaban J connectivity index is 1.60. The maximum absolute atomic E-state index is 12.7. The fraction of sp³-hybridized carbons (Fsp3) is 0.208. The fourth-order valence-corrected chi connectivity index (χ4v) is 4.32. The number of amides is 1. The van der Waals surface area contributed by atoms with E-state index in [0.29, 0.717) is 22.0 Å². The summed E-state index contributed by atoms with van der Waals surface area (Å²) in [6, 6.07) is 18.6. The smallest absolute Gasteiger partial charge is 0.261 e. The van der Waals surface area contributed by atoms with Gasteiger partial charge in [0, 0.05) is 10.7 Å². The molecule has 0 unspecified atom stereocenters. The van der Waals surface area contributed by atoms with Crippen LogP contribution in [0.1, 0.15) is 29.7 Å². The van der Waals surface area contributed by atoms with Crippen molar-refractivity contribution in [2.24, 2.45) is 0 Å². The molecular weight excluding hydrogens is 448 g/mol. The van der Waals surface area contributed by atoms with Crippen LogP contribution in [0.15, 0.2) is 71.6 Å². The second kappa shape index (κ2) is 10.1. The van der Waals surface area contributed by atoms with Gasteiger partial charge in [0.2, 0.25) is 0 Å². The van der Waals surface area contributed by atoms with Crippen molar-refractivity contribution >= 4 is 33.2 Å². The number of benzene rings is 3. The number of anilines is 1. The van der Waals surface area contributed by atoms with Crippen LogP contribution < -0.4 is 14.8 Å². The summed E-state index contributed by atoms with van der Waals surface area (Å²) in [7, 11) is -3.74. The van der Waals surface area contributed by atoms with E-state index in [1.165, 1.54) is 12.1 Å². The van der Waals surface area contributed by atoms with Gasteiger partial charge < -0.3 is 10.1 Å². The second-order valence-electron chi connectivity index (χ2n) is 7.53. The number of carbonyl (C=O) groups is 1. The van der Waals surface area contributed by atoms with E-state index in [1.54, 1.807) is 37.3 Å². The van der Waals surface area contributed by atoms with Gasteiger partial charge in [-0.15, -0.1) is 0 Å². The normalized spacial score (nSPS) is 12.1. The maximum Gasteiger partial charge on any atom is 0.261 e. The standard InChI is InChI=1S/C24H25ClN2O4S/c1-16-4-10-21(11-5-16)27-32(29,30)22-12-13-23(17(2)14-22)31-15-24(28)26-18(3)19-6-8-20(25)9-7-19/h4-14,18,27H,15H2,1-3H3,(H,26,28)/t18-/m1/s1. The average Bonchev–Trinajstić information content (AvgIpc) is 2.74. The van der Waals surface area contributed by atoms with Crippen molar-refractivity contribution in [1.82, 2.24) is 5.32 Å². The van der Waals surface area contributed by atoms with Gasteiger partial charge in [0.25, 0.3) is 15.9 Å². The van der Waals surface area contributed by atoms with E-state index in [9.17, 15) is 13.2 Å². The molecule has 0 aliphatic heterocycles. The zero-order valence-electron chi connectivity index (χ0n) is 18.1. The van der Waals surface area contributed by atoms with Crippen LogP contribution in [0.3, 0.4) is 0 Å². The summed E-state index contributed by atoms with van der Waals surface area (Å²) in [5, 5.41) is 3.49. The van der Waals surface area contributed by atoms with E-state index in [0.717, 1.165) is 11.1 Å². The number of hydrogen-bond acceptors (Lipinski definition) is 4. The van der Waals surface area contributed by atoms with Gasteiger partial charge in [0.15, 0.2) is 6.61 Å². The summed E-state index contributed by atoms with van der Waals surface area (Å²) in [4.78, 5) is 12.4. The predicted molar refractivity (Wildman–Crippen MR) is 127 cm³/mol. The van der Waals surface area contributed by atoms with Gasteiger partial charge in [0.05, 0.1) is 10.9 Å². The molecule has 0 saturated carbocycles. The molecule has 0 aromatic heterocycles. The highest BCUT2D eigenvalue weighted by molar-refractivity contribution is 7.92. The second-order valence-corrected chi connectivity index (χ2v) is 9.65. The molecule has 1 amide bonds. The van der Waals surface area contributed by atoms with Gasteiger partial charge in [-0.25, -0.2) is 8.42 Å². The van der Waals surface area contributed by atoms with E-state index in [-0.39, 0.29) is 23.5 Å². The number of hydrogen-bond donors (Lipinski definition) is 2. The number of sulfonamides is 1. The third-order valence-electron chi connectivity index (χ3n) is 4.87. The molecule has 32 heavy (non-hydrogen) atoms. The minimum atomic E-state index is -3.74. The molecule has 1 atom stereocenters. The van der Waals surface area contributed by atoms with E-state index in [4.69, 9.17) is 16.3 Å². The lowest BCUT2D eigenvalue weighted by Gasteiger charge is -2.16. The van der Waals surface area contributed by atoms with Crippen LogP contribution in [0.25, 0.3) is 0 Å². The molecule has 0 saturated heterocycles. The van der Waals surface area contributed by atoms with Crippen LogP contribution in [0, 0.1) is 13.8 Å². The summed E-state index contributed by atoms with van der Waals surface area (Å²) < 4.78 is 33.5. The van der Waals surface area contributed by atoms with Crippen molar-refractivity contribution in [1.29, 1.82) is 0 Å².